The Morgan fingerprint density at radius 2 is 2.00 bits per heavy atom. The Bertz CT molecular complexity index is 458. The first-order valence-electron chi connectivity index (χ1n) is 6.51. The first kappa shape index (κ1) is 15.6. The Morgan fingerprint density at radius 1 is 1.42 bits per heavy atom. The molecule has 0 aliphatic rings. The normalized spacial score (nSPS) is 12.1. The summed E-state index contributed by atoms with van der Waals surface area (Å²) in [6.07, 6.45) is 0. The van der Waals surface area contributed by atoms with Crippen LogP contribution in [0.3, 0.4) is 0 Å². The van der Waals surface area contributed by atoms with E-state index in [2.05, 4.69) is 5.32 Å². The number of hydrogen-bond acceptors (Lipinski definition) is 3. The third kappa shape index (κ3) is 3.77. The number of rotatable bonds is 5. The van der Waals surface area contributed by atoms with E-state index in [1.807, 2.05) is 27.7 Å². The van der Waals surface area contributed by atoms with Crippen LogP contribution in [0.5, 0.6) is 0 Å². The summed E-state index contributed by atoms with van der Waals surface area (Å²) in [5, 5.41) is 3.69. The number of halogens is 1. The number of benzene rings is 1. The van der Waals surface area contributed by atoms with Gasteiger partial charge >= 0.3 is 0 Å². The van der Waals surface area contributed by atoms with Gasteiger partial charge in [-0.1, -0.05) is 11.6 Å². The van der Waals surface area contributed by atoms with Gasteiger partial charge in [0, 0.05) is 18.8 Å². The van der Waals surface area contributed by atoms with Crippen molar-refractivity contribution in [1.82, 2.24) is 4.90 Å². The summed E-state index contributed by atoms with van der Waals surface area (Å²) < 4.78 is 0. The molecular weight excluding hydrogens is 262 g/mol. The molecule has 0 fully saturated rings. The van der Waals surface area contributed by atoms with Crippen LogP contribution in [-0.2, 0) is 4.79 Å². The van der Waals surface area contributed by atoms with Gasteiger partial charge in [-0.2, -0.15) is 0 Å². The second kappa shape index (κ2) is 6.66. The summed E-state index contributed by atoms with van der Waals surface area (Å²) in [7, 11) is 0. The van der Waals surface area contributed by atoms with Crippen molar-refractivity contribution in [3.63, 3.8) is 0 Å². The van der Waals surface area contributed by atoms with Crippen LogP contribution in [0.4, 0.5) is 11.4 Å². The molecule has 5 heteroatoms. The van der Waals surface area contributed by atoms with Crippen LogP contribution >= 0.6 is 11.6 Å². The molecule has 4 nitrogen and oxygen atoms in total. The number of nitrogens with two attached hydrogens (primary N) is 1. The number of nitrogens with zero attached hydrogens (tertiary/aromatic N) is 1. The minimum Gasteiger partial charge on any atom is -0.398 e. The number of amides is 1. The SMILES string of the molecule is CCN(CC)C(=O)C(C)Nc1cc(Cl)c(N)cc1C. The van der Waals surface area contributed by atoms with E-state index in [1.165, 1.54) is 0 Å². The van der Waals surface area contributed by atoms with Crippen molar-refractivity contribution in [2.24, 2.45) is 0 Å². The zero-order chi connectivity index (χ0) is 14.6. The van der Waals surface area contributed by atoms with Crippen molar-refractivity contribution >= 4 is 28.9 Å². The van der Waals surface area contributed by atoms with Crippen molar-refractivity contribution in [2.45, 2.75) is 33.7 Å². The fraction of sp³-hybridized carbons (Fsp3) is 0.500. The van der Waals surface area contributed by atoms with Gasteiger partial charge in [0.05, 0.1) is 10.7 Å². The Balaban J connectivity index is 2.85. The maximum Gasteiger partial charge on any atom is 0.244 e. The minimum atomic E-state index is -0.293. The molecule has 0 aliphatic carbocycles. The van der Waals surface area contributed by atoms with E-state index < -0.39 is 0 Å². The first-order valence-corrected chi connectivity index (χ1v) is 6.89. The van der Waals surface area contributed by atoms with E-state index >= 15 is 0 Å². The molecule has 1 aromatic rings. The number of carbonyl (C=O) groups excluding carboxylic acids is 1. The van der Waals surface area contributed by atoms with Crippen LogP contribution in [0.2, 0.25) is 5.02 Å². The molecule has 0 spiro atoms. The van der Waals surface area contributed by atoms with Gasteiger partial charge in [0.25, 0.3) is 0 Å². The zero-order valence-corrected chi connectivity index (χ0v) is 12.7. The number of carbonyl (C=O) groups is 1. The molecule has 0 saturated heterocycles. The van der Waals surface area contributed by atoms with Crippen LogP contribution in [0.15, 0.2) is 12.1 Å². The minimum absolute atomic E-state index is 0.0809. The smallest absolute Gasteiger partial charge is 0.244 e. The topological polar surface area (TPSA) is 58.4 Å². The molecule has 0 radical (unpaired) electrons. The van der Waals surface area contributed by atoms with Gasteiger partial charge in [-0.15, -0.1) is 0 Å². The lowest BCUT2D eigenvalue weighted by Crippen LogP contribution is -2.41. The predicted molar refractivity (Wildman–Crippen MR) is 81.6 cm³/mol. The molecule has 0 aliphatic heterocycles. The van der Waals surface area contributed by atoms with Crippen LogP contribution < -0.4 is 11.1 Å². The molecule has 1 atom stereocenters. The fourth-order valence-corrected chi connectivity index (χ4v) is 2.13. The number of hydrogen-bond donors (Lipinski definition) is 2. The molecule has 0 aromatic heterocycles. The summed E-state index contributed by atoms with van der Waals surface area (Å²) in [5.74, 6) is 0.0809. The molecule has 19 heavy (non-hydrogen) atoms. The second-order valence-electron chi connectivity index (χ2n) is 4.57. The third-order valence-electron chi connectivity index (χ3n) is 3.16. The van der Waals surface area contributed by atoms with Crippen molar-refractivity contribution in [2.75, 3.05) is 24.1 Å². The Kier molecular flexibility index (Phi) is 5.48. The maximum atomic E-state index is 12.2. The average Bonchev–Trinajstić information content (AvgIpc) is 2.37. The van der Waals surface area contributed by atoms with Gasteiger partial charge in [-0.3, -0.25) is 4.79 Å². The van der Waals surface area contributed by atoms with E-state index in [9.17, 15) is 4.79 Å². The van der Waals surface area contributed by atoms with Gasteiger partial charge in [0.15, 0.2) is 0 Å². The van der Waals surface area contributed by atoms with Gasteiger partial charge in [0.1, 0.15) is 6.04 Å². The molecule has 0 bridgehead atoms. The lowest BCUT2D eigenvalue weighted by molar-refractivity contribution is -0.131. The number of aryl methyl sites for hydroxylation is 1. The highest BCUT2D eigenvalue weighted by atomic mass is 35.5. The van der Waals surface area contributed by atoms with Crippen molar-refractivity contribution < 1.29 is 4.79 Å². The highest BCUT2D eigenvalue weighted by molar-refractivity contribution is 6.33. The highest BCUT2D eigenvalue weighted by Crippen LogP contribution is 2.27. The molecular formula is C14H22ClN3O. The molecule has 0 saturated carbocycles. The molecule has 3 N–H and O–H groups in total. The van der Waals surface area contributed by atoms with Crippen LogP contribution in [-0.4, -0.2) is 29.9 Å². The van der Waals surface area contributed by atoms with Gasteiger partial charge in [-0.05, 0) is 45.4 Å². The molecule has 1 unspecified atom stereocenters. The number of nitrogen functional groups attached to an aromatic ring is 1. The summed E-state index contributed by atoms with van der Waals surface area (Å²) >= 11 is 6.01. The zero-order valence-electron chi connectivity index (χ0n) is 12.0. The van der Waals surface area contributed by atoms with E-state index in [0.29, 0.717) is 23.8 Å². The first-order chi connectivity index (χ1) is 8.90. The van der Waals surface area contributed by atoms with Crippen molar-refractivity contribution in [3.05, 3.63) is 22.7 Å². The lowest BCUT2D eigenvalue weighted by Gasteiger charge is -2.24. The molecule has 1 rings (SSSR count). The summed E-state index contributed by atoms with van der Waals surface area (Å²) in [4.78, 5) is 14.0. The average molecular weight is 284 g/mol. The molecule has 106 valence electrons. The second-order valence-corrected chi connectivity index (χ2v) is 4.97. The Morgan fingerprint density at radius 3 is 2.53 bits per heavy atom. The fourth-order valence-electron chi connectivity index (χ4n) is 1.96. The van der Waals surface area contributed by atoms with E-state index in [-0.39, 0.29) is 11.9 Å². The van der Waals surface area contributed by atoms with E-state index in [4.69, 9.17) is 17.3 Å². The van der Waals surface area contributed by atoms with E-state index in [1.54, 1.807) is 17.0 Å². The van der Waals surface area contributed by atoms with E-state index in [0.717, 1.165) is 11.3 Å². The lowest BCUT2D eigenvalue weighted by atomic mass is 10.1. The van der Waals surface area contributed by atoms with Gasteiger partial charge in [-0.25, -0.2) is 0 Å². The number of nitrogens with one attached hydrogen (secondary N) is 1. The molecule has 1 amide bonds. The maximum absolute atomic E-state index is 12.2. The summed E-state index contributed by atoms with van der Waals surface area (Å²) in [6.45, 7) is 9.15. The third-order valence-corrected chi connectivity index (χ3v) is 3.49. The van der Waals surface area contributed by atoms with Gasteiger partial charge in [0.2, 0.25) is 5.91 Å². The van der Waals surface area contributed by atoms with Gasteiger partial charge < -0.3 is 16.0 Å². The number of anilines is 2. The molecule has 0 heterocycles. The highest BCUT2D eigenvalue weighted by Gasteiger charge is 2.18. The standard InChI is InChI=1S/C14H22ClN3O/c1-5-18(6-2)14(19)10(4)17-13-8-11(15)12(16)7-9(13)3/h7-8,10,17H,5-6,16H2,1-4H3. The van der Waals surface area contributed by atoms with Crippen molar-refractivity contribution in [3.8, 4) is 0 Å². The number of likely N-dealkylation sites (N-methyl/N-ethyl adjacent to an activating group) is 1. The summed E-state index contributed by atoms with van der Waals surface area (Å²) in [6, 6.07) is 3.27. The largest absolute Gasteiger partial charge is 0.398 e. The van der Waals surface area contributed by atoms with Crippen LogP contribution in [0, 0.1) is 6.92 Å². The molecule has 1 aromatic carbocycles. The monoisotopic (exact) mass is 283 g/mol. The Labute approximate surface area is 119 Å². The predicted octanol–water partition coefficient (Wildman–Crippen LogP) is 2.90. The van der Waals surface area contributed by atoms with Crippen LogP contribution in [0.1, 0.15) is 26.3 Å². The quantitative estimate of drug-likeness (QED) is 0.817. The Hall–Kier alpha value is -1.42. The summed E-state index contributed by atoms with van der Waals surface area (Å²) in [5.41, 5.74) is 8.10. The van der Waals surface area contributed by atoms with Crippen LogP contribution in [0.25, 0.3) is 0 Å². The van der Waals surface area contributed by atoms with Crippen molar-refractivity contribution in [1.29, 1.82) is 0 Å².